The molecule has 0 unspecified atom stereocenters. The summed E-state index contributed by atoms with van der Waals surface area (Å²) >= 11 is 0. The van der Waals surface area contributed by atoms with Crippen molar-refractivity contribution in [3.63, 3.8) is 0 Å². The Morgan fingerprint density at radius 2 is 2.40 bits per heavy atom. The fourth-order valence-electron chi connectivity index (χ4n) is 0.916. The van der Waals surface area contributed by atoms with E-state index < -0.39 is 0 Å². The molecule has 1 amide bonds. The minimum Gasteiger partial charge on any atom is -0.368 e. The van der Waals surface area contributed by atoms with Crippen LogP contribution in [0.3, 0.4) is 0 Å². The Morgan fingerprint density at radius 1 is 1.67 bits per heavy atom. The van der Waals surface area contributed by atoms with Crippen LogP contribution in [-0.4, -0.2) is 22.4 Å². The first kappa shape index (κ1) is 11.0. The number of nitrogen functional groups attached to an aromatic ring is 1. The van der Waals surface area contributed by atoms with E-state index >= 15 is 0 Å². The summed E-state index contributed by atoms with van der Waals surface area (Å²) in [5.41, 5.74) is 6.85. The molecule has 0 radical (unpaired) electrons. The zero-order valence-electron chi connectivity index (χ0n) is 8.66. The third-order valence-corrected chi connectivity index (χ3v) is 1.65. The number of carbonyl (C=O) groups is 1. The van der Waals surface area contributed by atoms with Gasteiger partial charge in [-0.25, -0.2) is 9.97 Å². The average molecular weight is 204 g/mol. The summed E-state index contributed by atoms with van der Waals surface area (Å²) < 4.78 is 0. The molecule has 0 fully saturated rings. The summed E-state index contributed by atoms with van der Waals surface area (Å²) in [5, 5.41) is 2.57. The molecule has 5 nitrogen and oxygen atoms in total. The van der Waals surface area contributed by atoms with Crippen molar-refractivity contribution in [2.75, 3.05) is 12.3 Å². The summed E-state index contributed by atoms with van der Waals surface area (Å²) in [6, 6.07) is 0. The molecule has 15 heavy (non-hydrogen) atoms. The average Bonchev–Trinajstić information content (AvgIpc) is 2.14. The molecule has 3 N–H and O–H groups in total. The number of rotatable bonds is 1. The van der Waals surface area contributed by atoms with Crippen LogP contribution < -0.4 is 11.1 Å². The van der Waals surface area contributed by atoms with E-state index in [0.717, 1.165) is 11.3 Å². The van der Waals surface area contributed by atoms with Crippen LogP contribution in [0.1, 0.15) is 18.2 Å². The Bertz CT molecular complexity index is 431. The molecule has 0 spiro atoms. The van der Waals surface area contributed by atoms with E-state index in [9.17, 15) is 4.79 Å². The largest absolute Gasteiger partial charge is 0.368 e. The summed E-state index contributed by atoms with van der Waals surface area (Å²) in [6.45, 7) is 3.57. The molecule has 0 saturated carbocycles. The number of aryl methyl sites for hydroxylation is 1. The highest BCUT2D eigenvalue weighted by atomic mass is 16.1. The van der Waals surface area contributed by atoms with Crippen molar-refractivity contribution >= 4 is 11.9 Å². The summed E-state index contributed by atoms with van der Waals surface area (Å²) in [7, 11) is 0. The van der Waals surface area contributed by atoms with Crippen LogP contribution >= 0.6 is 0 Å². The lowest BCUT2D eigenvalue weighted by Gasteiger charge is -1.97. The maximum atomic E-state index is 10.5. The van der Waals surface area contributed by atoms with Crippen LogP contribution in [0.15, 0.2) is 6.20 Å². The monoisotopic (exact) mass is 204 g/mol. The highest BCUT2D eigenvalue weighted by Crippen LogP contribution is 2.02. The minimum absolute atomic E-state index is 0.102. The van der Waals surface area contributed by atoms with Crippen LogP contribution in [0.5, 0.6) is 0 Å². The molecule has 78 valence electrons. The third kappa shape index (κ3) is 3.65. The summed E-state index contributed by atoms with van der Waals surface area (Å²) in [5.74, 6) is 5.77. The highest BCUT2D eigenvalue weighted by Gasteiger charge is 1.96. The van der Waals surface area contributed by atoms with Crippen LogP contribution in [0.4, 0.5) is 5.95 Å². The zero-order valence-corrected chi connectivity index (χ0v) is 8.66. The Hall–Kier alpha value is -2.09. The van der Waals surface area contributed by atoms with Gasteiger partial charge in [0.2, 0.25) is 11.9 Å². The molecular formula is C10H12N4O. The number of amides is 1. The van der Waals surface area contributed by atoms with Crippen LogP contribution in [0, 0.1) is 18.8 Å². The van der Waals surface area contributed by atoms with E-state index in [1.54, 1.807) is 13.1 Å². The van der Waals surface area contributed by atoms with Crippen molar-refractivity contribution in [2.45, 2.75) is 13.8 Å². The lowest BCUT2D eigenvalue weighted by Crippen LogP contribution is -2.19. The summed E-state index contributed by atoms with van der Waals surface area (Å²) in [4.78, 5) is 18.3. The first-order valence-electron chi connectivity index (χ1n) is 4.42. The number of anilines is 1. The van der Waals surface area contributed by atoms with Gasteiger partial charge in [-0.2, -0.15) is 0 Å². The van der Waals surface area contributed by atoms with Crippen molar-refractivity contribution in [3.8, 4) is 11.8 Å². The molecule has 0 aliphatic carbocycles. The van der Waals surface area contributed by atoms with Crippen molar-refractivity contribution in [2.24, 2.45) is 0 Å². The van der Waals surface area contributed by atoms with Gasteiger partial charge in [0.05, 0.1) is 17.8 Å². The molecular weight excluding hydrogens is 192 g/mol. The maximum absolute atomic E-state index is 10.5. The fraction of sp³-hybridized carbons (Fsp3) is 0.300. The second-order valence-corrected chi connectivity index (χ2v) is 2.94. The number of hydrogen-bond donors (Lipinski definition) is 2. The second-order valence-electron chi connectivity index (χ2n) is 2.94. The van der Waals surface area contributed by atoms with Gasteiger partial charge in [0.25, 0.3) is 0 Å². The third-order valence-electron chi connectivity index (χ3n) is 1.65. The van der Waals surface area contributed by atoms with Gasteiger partial charge in [0, 0.05) is 13.1 Å². The topological polar surface area (TPSA) is 80.9 Å². The number of nitrogens with zero attached hydrogens (tertiary/aromatic N) is 2. The van der Waals surface area contributed by atoms with Gasteiger partial charge in [-0.05, 0) is 6.92 Å². The van der Waals surface area contributed by atoms with Gasteiger partial charge in [-0.1, -0.05) is 11.8 Å². The van der Waals surface area contributed by atoms with Crippen molar-refractivity contribution < 1.29 is 4.79 Å². The second kappa shape index (κ2) is 4.96. The van der Waals surface area contributed by atoms with Crippen molar-refractivity contribution in [3.05, 3.63) is 17.5 Å². The Kier molecular flexibility index (Phi) is 3.63. The van der Waals surface area contributed by atoms with E-state index in [1.807, 2.05) is 0 Å². The SMILES string of the molecule is CC(=O)NCC#Cc1cnc(N)nc1C. The molecule has 0 saturated heterocycles. The van der Waals surface area contributed by atoms with Gasteiger partial charge in [0.15, 0.2) is 0 Å². The molecule has 0 atom stereocenters. The van der Waals surface area contributed by atoms with Crippen LogP contribution in [0.2, 0.25) is 0 Å². The van der Waals surface area contributed by atoms with E-state index in [1.165, 1.54) is 6.92 Å². The highest BCUT2D eigenvalue weighted by molar-refractivity contribution is 5.73. The van der Waals surface area contributed by atoms with E-state index in [0.29, 0.717) is 6.54 Å². The number of aromatic nitrogens is 2. The van der Waals surface area contributed by atoms with Crippen molar-refractivity contribution in [1.29, 1.82) is 0 Å². The zero-order chi connectivity index (χ0) is 11.3. The fourth-order valence-corrected chi connectivity index (χ4v) is 0.916. The molecule has 1 aromatic heterocycles. The first-order valence-corrected chi connectivity index (χ1v) is 4.42. The predicted molar refractivity (Wildman–Crippen MR) is 56.7 cm³/mol. The lowest BCUT2D eigenvalue weighted by molar-refractivity contribution is -0.118. The van der Waals surface area contributed by atoms with E-state index in [4.69, 9.17) is 5.73 Å². The molecule has 0 aliphatic heterocycles. The van der Waals surface area contributed by atoms with E-state index in [-0.39, 0.29) is 11.9 Å². The Morgan fingerprint density at radius 3 is 3.00 bits per heavy atom. The van der Waals surface area contributed by atoms with Gasteiger partial charge in [-0.3, -0.25) is 4.79 Å². The standard InChI is InChI=1S/C10H12N4O/c1-7-9(6-13-10(11)14-7)4-3-5-12-8(2)15/h6H,5H2,1-2H3,(H,12,15)(H2,11,13,14). The molecule has 1 aromatic rings. The van der Waals surface area contributed by atoms with Gasteiger partial charge < -0.3 is 11.1 Å². The van der Waals surface area contributed by atoms with Crippen molar-refractivity contribution in [1.82, 2.24) is 15.3 Å². The quantitative estimate of drug-likeness (QED) is 0.624. The molecule has 0 bridgehead atoms. The first-order chi connectivity index (χ1) is 7.09. The molecule has 1 heterocycles. The lowest BCUT2D eigenvalue weighted by atomic mass is 10.2. The van der Waals surface area contributed by atoms with Crippen LogP contribution in [0.25, 0.3) is 0 Å². The maximum Gasteiger partial charge on any atom is 0.220 e. The molecule has 1 rings (SSSR count). The normalized spacial score (nSPS) is 8.93. The van der Waals surface area contributed by atoms with E-state index in [2.05, 4.69) is 27.1 Å². The summed E-state index contributed by atoms with van der Waals surface area (Å²) in [6.07, 6.45) is 1.57. The Labute approximate surface area is 88.1 Å². The van der Waals surface area contributed by atoms with Crippen LogP contribution in [-0.2, 0) is 4.79 Å². The molecule has 0 aromatic carbocycles. The number of nitrogens with one attached hydrogen (secondary N) is 1. The molecule has 5 heteroatoms. The molecule has 0 aliphatic rings. The van der Waals surface area contributed by atoms with Gasteiger partial charge in [-0.15, -0.1) is 0 Å². The number of hydrogen-bond acceptors (Lipinski definition) is 4. The smallest absolute Gasteiger partial charge is 0.220 e. The minimum atomic E-state index is -0.102. The number of nitrogens with two attached hydrogens (primary N) is 1. The number of carbonyl (C=O) groups excluding carboxylic acids is 1. The Balaban J connectivity index is 2.67. The predicted octanol–water partition coefficient (Wildman–Crippen LogP) is -0.145. The van der Waals surface area contributed by atoms with Gasteiger partial charge in [0.1, 0.15) is 0 Å². The van der Waals surface area contributed by atoms with Gasteiger partial charge >= 0.3 is 0 Å².